The highest BCUT2D eigenvalue weighted by molar-refractivity contribution is 5.86. The first-order valence-corrected chi connectivity index (χ1v) is 5.79. The molecule has 96 valence electrons. The molecule has 6 heteroatoms. The van der Waals surface area contributed by atoms with Gasteiger partial charge >= 0.3 is 5.97 Å². The number of aromatic nitrogens is 3. The summed E-state index contributed by atoms with van der Waals surface area (Å²) in [5.74, 6) is -0.540. The number of carbonyl (C=O) groups is 1. The average Bonchev–Trinajstić information content (AvgIpc) is 2.67. The lowest BCUT2D eigenvalue weighted by molar-refractivity contribution is 0.0689. The van der Waals surface area contributed by atoms with Gasteiger partial charge in [-0.3, -0.25) is 0 Å². The Kier molecular flexibility index (Phi) is 5.09. The molecule has 0 saturated carbocycles. The molecule has 17 heavy (non-hydrogen) atoms. The van der Waals surface area contributed by atoms with Gasteiger partial charge in [-0.15, -0.1) is 5.10 Å². The van der Waals surface area contributed by atoms with Crippen molar-refractivity contribution < 1.29 is 14.6 Å². The van der Waals surface area contributed by atoms with Crippen LogP contribution in [0.25, 0.3) is 0 Å². The molecule has 0 unspecified atom stereocenters. The van der Waals surface area contributed by atoms with Crippen LogP contribution in [0.15, 0.2) is 0 Å². The molecule has 0 spiro atoms. The zero-order chi connectivity index (χ0) is 12.8. The summed E-state index contributed by atoms with van der Waals surface area (Å²) < 4.78 is 7.03. The summed E-state index contributed by atoms with van der Waals surface area (Å²) in [4.78, 5) is 10.9. The fraction of sp³-hybridized carbons (Fsp3) is 0.727. The Balaban J connectivity index is 2.56. The van der Waals surface area contributed by atoms with Gasteiger partial charge in [0.25, 0.3) is 0 Å². The van der Waals surface area contributed by atoms with Crippen molar-refractivity contribution in [3.63, 3.8) is 0 Å². The zero-order valence-electron chi connectivity index (χ0n) is 10.5. The van der Waals surface area contributed by atoms with Crippen LogP contribution in [-0.4, -0.2) is 39.3 Å². The van der Waals surface area contributed by atoms with Crippen molar-refractivity contribution in [2.24, 2.45) is 5.92 Å². The zero-order valence-corrected chi connectivity index (χ0v) is 10.5. The molecule has 0 saturated heterocycles. The van der Waals surface area contributed by atoms with Crippen LogP contribution in [0.1, 0.15) is 37.0 Å². The Morgan fingerprint density at radius 2 is 2.24 bits per heavy atom. The van der Waals surface area contributed by atoms with Gasteiger partial charge in [0.1, 0.15) is 0 Å². The molecule has 1 aromatic rings. The van der Waals surface area contributed by atoms with Crippen LogP contribution >= 0.6 is 0 Å². The maximum atomic E-state index is 10.9. The molecule has 1 rings (SSSR count). The second-order valence-corrected chi connectivity index (χ2v) is 4.24. The Hall–Kier alpha value is -1.43. The third-order valence-electron chi connectivity index (χ3n) is 2.27. The van der Waals surface area contributed by atoms with Crippen LogP contribution in [0.5, 0.6) is 0 Å². The van der Waals surface area contributed by atoms with Gasteiger partial charge in [0.2, 0.25) is 0 Å². The quantitative estimate of drug-likeness (QED) is 0.726. The lowest BCUT2D eigenvalue weighted by atomic mass is 10.2. The number of nitrogens with zero attached hydrogens (tertiary/aromatic N) is 3. The number of carboxylic acids is 1. The molecule has 1 N–H and O–H groups in total. The van der Waals surface area contributed by atoms with E-state index in [4.69, 9.17) is 9.84 Å². The standard InChI is InChI=1S/C11H19N3O3/c1-4-9-10(11(15)16)12-13-14(9)5-6-17-7-8(2)3/h8H,4-7H2,1-3H3,(H,15,16). The van der Waals surface area contributed by atoms with Crippen LogP contribution in [0.4, 0.5) is 0 Å². The minimum absolute atomic E-state index is 0.0383. The van der Waals surface area contributed by atoms with Crippen molar-refractivity contribution in [1.82, 2.24) is 15.0 Å². The van der Waals surface area contributed by atoms with Gasteiger partial charge in [-0.05, 0) is 12.3 Å². The minimum atomic E-state index is -1.03. The van der Waals surface area contributed by atoms with Gasteiger partial charge in [-0.2, -0.15) is 0 Å². The SMILES string of the molecule is CCc1c(C(=O)O)nnn1CCOCC(C)C. The van der Waals surface area contributed by atoms with Gasteiger partial charge in [-0.25, -0.2) is 9.48 Å². The number of aromatic carboxylic acids is 1. The Morgan fingerprint density at radius 3 is 2.76 bits per heavy atom. The molecule has 0 atom stereocenters. The molecule has 0 aliphatic heterocycles. The Morgan fingerprint density at radius 1 is 1.53 bits per heavy atom. The number of rotatable bonds is 7. The molecule has 0 aliphatic carbocycles. The summed E-state index contributed by atoms with van der Waals surface area (Å²) in [5, 5.41) is 16.4. The first kappa shape index (κ1) is 13.6. The van der Waals surface area contributed by atoms with E-state index in [0.717, 1.165) is 0 Å². The highest BCUT2D eigenvalue weighted by Crippen LogP contribution is 2.06. The third kappa shape index (κ3) is 3.81. The summed E-state index contributed by atoms with van der Waals surface area (Å²) in [5.41, 5.74) is 0.682. The molecule has 0 aromatic carbocycles. The lowest BCUT2D eigenvalue weighted by Gasteiger charge is -2.08. The highest BCUT2D eigenvalue weighted by Gasteiger charge is 2.16. The fourth-order valence-corrected chi connectivity index (χ4v) is 1.50. The monoisotopic (exact) mass is 241 g/mol. The predicted octanol–water partition coefficient (Wildman–Crippen LogP) is 1.21. The van der Waals surface area contributed by atoms with Gasteiger partial charge in [-0.1, -0.05) is 26.0 Å². The van der Waals surface area contributed by atoms with Gasteiger partial charge < -0.3 is 9.84 Å². The van der Waals surface area contributed by atoms with E-state index in [1.54, 1.807) is 4.68 Å². The summed E-state index contributed by atoms with van der Waals surface area (Å²) >= 11 is 0. The molecule has 0 fully saturated rings. The largest absolute Gasteiger partial charge is 0.476 e. The van der Waals surface area contributed by atoms with E-state index in [1.807, 2.05) is 6.92 Å². The molecule has 0 radical (unpaired) electrons. The van der Waals surface area contributed by atoms with Gasteiger partial charge in [0.15, 0.2) is 5.69 Å². The van der Waals surface area contributed by atoms with E-state index in [0.29, 0.717) is 37.8 Å². The predicted molar refractivity (Wildman–Crippen MR) is 62.0 cm³/mol. The van der Waals surface area contributed by atoms with E-state index in [2.05, 4.69) is 24.2 Å². The van der Waals surface area contributed by atoms with Gasteiger partial charge in [0, 0.05) is 6.61 Å². The Labute approximate surface area is 101 Å². The van der Waals surface area contributed by atoms with Crippen LogP contribution in [0, 0.1) is 5.92 Å². The summed E-state index contributed by atoms with van der Waals surface area (Å²) in [6.45, 7) is 7.80. The minimum Gasteiger partial charge on any atom is -0.476 e. The van der Waals surface area contributed by atoms with Crippen molar-refractivity contribution in [3.8, 4) is 0 Å². The highest BCUT2D eigenvalue weighted by atomic mass is 16.5. The van der Waals surface area contributed by atoms with Crippen molar-refractivity contribution in [2.45, 2.75) is 33.7 Å². The molecular weight excluding hydrogens is 222 g/mol. The molecule has 1 aromatic heterocycles. The summed E-state index contributed by atoms with van der Waals surface area (Å²) in [6, 6.07) is 0. The Bertz CT molecular complexity index is 374. The second kappa shape index (κ2) is 6.34. The van der Waals surface area contributed by atoms with Crippen molar-refractivity contribution in [2.75, 3.05) is 13.2 Å². The van der Waals surface area contributed by atoms with E-state index < -0.39 is 5.97 Å². The van der Waals surface area contributed by atoms with Crippen LogP contribution in [0.3, 0.4) is 0 Å². The molecule has 0 aliphatic rings. The first-order chi connectivity index (χ1) is 8.06. The first-order valence-electron chi connectivity index (χ1n) is 5.79. The summed E-state index contributed by atoms with van der Waals surface area (Å²) in [6.07, 6.45) is 0.596. The summed E-state index contributed by atoms with van der Waals surface area (Å²) in [7, 11) is 0. The average molecular weight is 241 g/mol. The van der Waals surface area contributed by atoms with Crippen molar-refractivity contribution >= 4 is 5.97 Å². The maximum absolute atomic E-state index is 10.9. The number of ether oxygens (including phenoxy) is 1. The molecule has 6 nitrogen and oxygen atoms in total. The topological polar surface area (TPSA) is 77.2 Å². The van der Waals surface area contributed by atoms with Crippen LogP contribution < -0.4 is 0 Å². The molecular formula is C11H19N3O3. The normalized spacial score (nSPS) is 11.1. The van der Waals surface area contributed by atoms with Gasteiger partial charge in [0.05, 0.1) is 18.8 Å². The van der Waals surface area contributed by atoms with E-state index in [9.17, 15) is 4.79 Å². The van der Waals surface area contributed by atoms with E-state index in [1.165, 1.54) is 0 Å². The lowest BCUT2D eigenvalue weighted by Crippen LogP contribution is -2.13. The number of carboxylic acid groups (broad SMARTS) is 1. The van der Waals surface area contributed by atoms with E-state index in [-0.39, 0.29) is 5.69 Å². The van der Waals surface area contributed by atoms with Crippen LogP contribution in [0.2, 0.25) is 0 Å². The molecule has 0 bridgehead atoms. The molecule has 1 heterocycles. The van der Waals surface area contributed by atoms with Crippen LogP contribution in [-0.2, 0) is 17.7 Å². The third-order valence-corrected chi connectivity index (χ3v) is 2.27. The smallest absolute Gasteiger partial charge is 0.358 e. The number of hydrogen-bond acceptors (Lipinski definition) is 4. The fourth-order valence-electron chi connectivity index (χ4n) is 1.50. The molecule has 0 amide bonds. The maximum Gasteiger partial charge on any atom is 0.358 e. The second-order valence-electron chi connectivity index (χ2n) is 4.24. The number of hydrogen-bond donors (Lipinski definition) is 1. The van der Waals surface area contributed by atoms with E-state index >= 15 is 0 Å². The van der Waals surface area contributed by atoms with Crippen molar-refractivity contribution in [1.29, 1.82) is 0 Å². The van der Waals surface area contributed by atoms with Crippen molar-refractivity contribution in [3.05, 3.63) is 11.4 Å².